The molecule has 0 spiro atoms. The average molecular weight is 227 g/mol. The highest BCUT2D eigenvalue weighted by Crippen LogP contribution is 2.28. The van der Waals surface area contributed by atoms with Crippen LogP contribution in [0.1, 0.15) is 0 Å². The third-order valence-electron chi connectivity index (χ3n) is 2.66. The molecule has 5 heteroatoms. The van der Waals surface area contributed by atoms with Gasteiger partial charge in [-0.3, -0.25) is 5.41 Å². The van der Waals surface area contributed by atoms with Gasteiger partial charge in [-0.25, -0.2) is 0 Å². The van der Waals surface area contributed by atoms with Crippen molar-refractivity contribution in [1.82, 2.24) is 0 Å². The minimum Gasteiger partial charge on any atom is -0.482 e. The molecule has 1 N–H and O–H groups in total. The second-order valence-corrected chi connectivity index (χ2v) is 3.33. The van der Waals surface area contributed by atoms with Gasteiger partial charge in [0.2, 0.25) is 11.7 Å². The van der Waals surface area contributed by atoms with Crippen molar-refractivity contribution in [3.05, 3.63) is 24.3 Å². The molecule has 16 heavy (non-hydrogen) atoms. The van der Waals surface area contributed by atoms with Crippen LogP contribution in [0.5, 0.6) is 0 Å². The molecule has 0 amide bonds. The Labute approximate surface area is 95.1 Å². The van der Waals surface area contributed by atoms with Gasteiger partial charge in [0.25, 0.3) is 0 Å². The van der Waals surface area contributed by atoms with Crippen LogP contribution in [0.3, 0.4) is 0 Å². The van der Waals surface area contributed by atoms with Crippen molar-refractivity contribution in [2.75, 3.05) is 28.4 Å². The largest absolute Gasteiger partial charge is 0.482 e. The van der Waals surface area contributed by atoms with Crippen LogP contribution < -0.4 is 0 Å². The molecule has 0 radical (unpaired) electrons. The topological polar surface area (TPSA) is 60.8 Å². The standard InChI is InChI=1S/C11H17NO4/c1-13-9(12)10(14-2)5-7-11(15-3,16-4)8-6-10/h5-8,12H,1-4H3. The molecule has 90 valence electrons. The van der Waals surface area contributed by atoms with Crippen LogP contribution in [0, 0.1) is 5.41 Å². The van der Waals surface area contributed by atoms with E-state index in [2.05, 4.69) is 0 Å². The van der Waals surface area contributed by atoms with E-state index in [4.69, 9.17) is 24.4 Å². The Morgan fingerprint density at radius 1 is 0.875 bits per heavy atom. The molecule has 0 aromatic heterocycles. The summed E-state index contributed by atoms with van der Waals surface area (Å²) in [7, 11) is 6.02. The molecule has 5 nitrogen and oxygen atoms in total. The van der Waals surface area contributed by atoms with Crippen LogP contribution in [0.15, 0.2) is 24.3 Å². The molecular formula is C11H17NO4. The van der Waals surface area contributed by atoms with Crippen molar-refractivity contribution in [3.63, 3.8) is 0 Å². The van der Waals surface area contributed by atoms with Gasteiger partial charge in [-0.1, -0.05) is 0 Å². The lowest BCUT2D eigenvalue weighted by Crippen LogP contribution is -2.42. The van der Waals surface area contributed by atoms with Gasteiger partial charge in [0, 0.05) is 21.3 Å². The molecule has 1 aliphatic rings. The Morgan fingerprint density at radius 3 is 1.69 bits per heavy atom. The van der Waals surface area contributed by atoms with Crippen LogP contribution in [0.4, 0.5) is 0 Å². The summed E-state index contributed by atoms with van der Waals surface area (Å²) in [6.45, 7) is 0. The molecule has 0 aromatic carbocycles. The van der Waals surface area contributed by atoms with E-state index in [0.29, 0.717) is 0 Å². The second kappa shape index (κ2) is 4.78. The smallest absolute Gasteiger partial charge is 0.221 e. The van der Waals surface area contributed by atoms with Crippen molar-refractivity contribution in [2.45, 2.75) is 11.4 Å². The van der Waals surface area contributed by atoms with E-state index in [1.165, 1.54) is 14.2 Å². The maximum Gasteiger partial charge on any atom is 0.221 e. The van der Waals surface area contributed by atoms with E-state index in [-0.39, 0.29) is 5.90 Å². The number of rotatable bonds is 4. The maximum atomic E-state index is 7.69. The first-order chi connectivity index (χ1) is 7.58. The van der Waals surface area contributed by atoms with E-state index in [0.717, 1.165) is 0 Å². The van der Waals surface area contributed by atoms with Crippen molar-refractivity contribution in [3.8, 4) is 0 Å². The van der Waals surface area contributed by atoms with Crippen molar-refractivity contribution >= 4 is 5.90 Å². The van der Waals surface area contributed by atoms with Gasteiger partial charge < -0.3 is 18.9 Å². The zero-order chi connectivity index (χ0) is 12.2. The van der Waals surface area contributed by atoms with E-state index in [1.807, 2.05) is 0 Å². The van der Waals surface area contributed by atoms with E-state index < -0.39 is 11.4 Å². The van der Waals surface area contributed by atoms with Gasteiger partial charge >= 0.3 is 0 Å². The third kappa shape index (κ3) is 2.02. The zero-order valence-electron chi connectivity index (χ0n) is 9.94. The molecule has 0 heterocycles. The Hall–Kier alpha value is -1.17. The number of hydrogen-bond acceptors (Lipinski definition) is 5. The summed E-state index contributed by atoms with van der Waals surface area (Å²) in [6.07, 6.45) is 6.71. The van der Waals surface area contributed by atoms with Gasteiger partial charge in [0.15, 0.2) is 5.60 Å². The second-order valence-electron chi connectivity index (χ2n) is 3.33. The number of ether oxygens (including phenoxy) is 4. The summed E-state index contributed by atoms with van der Waals surface area (Å²) in [5.41, 5.74) is -0.977. The molecule has 0 aliphatic heterocycles. The van der Waals surface area contributed by atoms with Crippen LogP contribution in [0.25, 0.3) is 0 Å². The van der Waals surface area contributed by atoms with Crippen LogP contribution in [-0.2, 0) is 18.9 Å². The minimum atomic E-state index is -0.977. The van der Waals surface area contributed by atoms with Crippen molar-refractivity contribution < 1.29 is 18.9 Å². The highest BCUT2D eigenvalue weighted by Gasteiger charge is 2.38. The maximum absolute atomic E-state index is 7.69. The summed E-state index contributed by atoms with van der Waals surface area (Å²) in [5, 5.41) is 7.69. The summed E-state index contributed by atoms with van der Waals surface area (Å²) in [5.74, 6) is -0.890. The third-order valence-corrected chi connectivity index (χ3v) is 2.66. The van der Waals surface area contributed by atoms with E-state index >= 15 is 0 Å². The Balaban J connectivity index is 3.00. The molecule has 0 saturated heterocycles. The fraction of sp³-hybridized carbons (Fsp3) is 0.545. The van der Waals surface area contributed by atoms with Crippen molar-refractivity contribution in [2.24, 2.45) is 0 Å². The Kier molecular flexibility index (Phi) is 3.85. The normalized spacial score (nSPS) is 20.8. The summed E-state index contributed by atoms with van der Waals surface area (Å²) < 4.78 is 20.6. The number of methoxy groups -OCH3 is 4. The van der Waals surface area contributed by atoms with Gasteiger partial charge in [0.05, 0.1) is 7.11 Å². The lowest BCUT2D eigenvalue weighted by atomic mass is 9.94. The highest BCUT2D eigenvalue weighted by molar-refractivity contribution is 5.87. The quantitative estimate of drug-likeness (QED) is 0.338. The Morgan fingerprint density at radius 2 is 1.38 bits per heavy atom. The lowest BCUT2D eigenvalue weighted by molar-refractivity contribution is -0.135. The lowest BCUT2D eigenvalue weighted by Gasteiger charge is -2.33. The first kappa shape index (κ1) is 12.9. The minimum absolute atomic E-state index is 0.00306. The Bertz CT molecular complexity index is 302. The summed E-state index contributed by atoms with van der Waals surface area (Å²) >= 11 is 0. The fourth-order valence-corrected chi connectivity index (χ4v) is 1.49. The fourth-order valence-electron chi connectivity index (χ4n) is 1.49. The summed E-state index contributed by atoms with van der Waals surface area (Å²) in [6, 6.07) is 0. The van der Waals surface area contributed by atoms with Gasteiger partial charge in [-0.2, -0.15) is 0 Å². The molecule has 0 bridgehead atoms. The van der Waals surface area contributed by atoms with Crippen LogP contribution in [-0.4, -0.2) is 45.7 Å². The number of hydrogen-bond donors (Lipinski definition) is 1. The van der Waals surface area contributed by atoms with Gasteiger partial charge in [-0.15, -0.1) is 0 Å². The van der Waals surface area contributed by atoms with Crippen LogP contribution >= 0.6 is 0 Å². The summed E-state index contributed by atoms with van der Waals surface area (Å²) in [4.78, 5) is 0. The van der Waals surface area contributed by atoms with E-state index in [1.54, 1.807) is 38.5 Å². The highest BCUT2D eigenvalue weighted by atomic mass is 16.7. The van der Waals surface area contributed by atoms with Crippen LogP contribution in [0.2, 0.25) is 0 Å². The van der Waals surface area contributed by atoms with Gasteiger partial charge in [-0.05, 0) is 24.3 Å². The molecule has 0 unspecified atom stereocenters. The molecule has 0 fully saturated rings. The first-order valence-electron chi connectivity index (χ1n) is 4.77. The molecule has 0 aromatic rings. The predicted octanol–water partition coefficient (Wildman–Crippen LogP) is 1.11. The first-order valence-corrected chi connectivity index (χ1v) is 4.77. The molecule has 0 saturated carbocycles. The molecular weight excluding hydrogens is 210 g/mol. The molecule has 1 rings (SSSR count). The van der Waals surface area contributed by atoms with E-state index in [9.17, 15) is 0 Å². The zero-order valence-corrected chi connectivity index (χ0v) is 9.94. The van der Waals surface area contributed by atoms with Gasteiger partial charge in [0.1, 0.15) is 0 Å². The number of nitrogens with one attached hydrogen (secondary N) is 1. The predicted molar refractivity (Wildman–Crippen MR) is 59.5 cm³/mol. The average Bonchev–Trinajstić information content (AvgIpc) is 2.38. The SMILES string of the molecule is COC(=N)C1(OC)C=CC(OC)(OC)C=C1. The monoisotopic (exact) mass is 227 g/mol. The molecule has 1 aliphatic carbocycles. The van der Waals surface area contributed by atoms with Crippen molar-refractivity contribution in [1.29, 1.82) is 5.41 Å². The molecule has 0 atom stereocenters.